The van der Waals surface area contributed by atoms with Crippen LogP contribution in [0.5, 0.6) is 0 Å². The minimum absolute atomic E-state index is 0.322. The van der Waals surface area contributed by atoms with Crippen LogP contribution in [0.2, 0.25) is 0 Å². The minimum Gasteiger partial charge on any atom is -0.323 e. The second-order valence-corrected chi connectivity index (χ2v) is 2.43. The van der Waals surface area contributed by atoms with E-state index in [4.69, 9.17) is 5.84 Å². The van der Waals surface area contributed by atoms with Gasteiger partial charge in [-0.3, -0.25) is 0 Å². The van der Waals surface area contributed by atoms with Crippen LogP contribution in [0.4, 0.5) is 0 Å². The molecule has 0 aromatic heterocycles. The lowest BCUT2D eigenvalue weighted by atomic mass is 10.0. The second-order valence-electron chi connectivity index (χ2n) is 2.43. The zero-order chi connectivity index (χ0) is 8.69. The van der Waals surface area contributed by atoms with Crippen molar-refractivity contribution in [3.05, 3.63) is 24.8 Å². The third kappa shape index (κ3) is 3.61. The van der Waals surface area contributed by atoms with Crippen molar-refractivity contribution in [2.45, 2.75) is 20.3 Å². The van der Waals surface area contributed by atoms with Gasteiger partial charge in [0.15, 0.2) is 0 Å². The third-order valence-electron chi connectivity index (χ3n) is 1.59. The summed E-state index contributed by atoms with van der Waals surface area (Å²) >= 11 is 0. The summed E-state index contributed by atoms with van der Waals surface area (Å²) in [5.41, 5.74) is 0.947. The summed E-state index contributed by atoms with van der Waals surface area (Å²) in [6, 6.07) is 0. The molecule has 62 valence electrons. The maximum atomic E-state index is 5.15. The Hall–Kier alpha value is -1.05. The van der Waals surface area contributed by atoms with E-state index in [0.29, 0.717) is 5.92 Å². The summed E-state index contributed by atoms with van der Waals surface area (Å²) in [6.07, 6.45) is 6.85. The lowest BCUT2D eigenvalue weighted by Crippen LogP contribution is -2.09. The van der Waals surface area contributed by atoms with Gasteiger partial charge in [-0.25, -0.2) is 0 Å². The average molecular weight is 152 g/mol. The van der Waals surface area contributed by atoms with Gasteiger partial charge in [-0.05, 0) is 20.3 Å². The molecule has 0 heterocycles. The van der Waals surface area contributed by atoms with Gasteiger partial charge >= 0.3 is 0 Å². The highest BCUT2D eigenvalue weighted by atomic mass is 15.1. The fourth-order valence-corrected chi connectivity index (χ4v) is 0.896. The molecule has 0 aromatic carbocycles. The monoisotopic (exact) mass is 152 g/mol. The van der Waals surface area contributed by atoms with Gasteiger partial charge in [0.25, 0.3) is 0 Å². The fourth-order valence-electron chi connectivity index (χ4n) is 0.896. The van der Waals surface area contributed by atoms with Crippen LogP contribution in [-0.2, 0) is 0 Å². The molecule has 11 heavy (non-hydrogen) atoms. The SMILES string of the molecule is C=CCC(/C=C\C)/C(C)=N/N. The van der Waals surface area contributed by atoms with Crippen molar-refractivity contribution >= 4 is 5.71 Å². The molecular weight excluding hydrogens is 136 g/mol. The molecule has 2 N–H and O–H groups in total. The maximum absolute atomic E-state index is 5.15. The molecule has 0 saturated carbocycles. The van der Waals surface area contributed by atoms with Gasteiger partial charge in [-0.2, -0.15) is 5.10 Å². The van der Waals surface area contributed by atoms with E-state index in [1.54, 1.807) is 0 Å². The first-order valence-corrected chi connectivity index (χ1v) is 3.74. The van der Waals surface area contributed by atoms with Crippen LogP contribution in [-0.4, -0.2) is 5.71 Å². The Balaban J connectivity index is 4.20. The Morgan fingerprint density at radius 1 is 1.73 bits per heavy atom. The van der Waals surface area contributed by atoms with Crippen LogP contribution in [0.25, 0.3) is 0 Å². The van der Waals surface area contributed by atoms with Gasteiger partial charge in [-0.15, -0.1) is 6.58 Å². The molecule has 0 aromatic rings. The van der Waals surface area contributed by atoms with Crippen LogP contribution in [0, 0.1) is 5.92 Å². The molecule has 0 aliphatic carbocycles. The largest absolute Gasteiger partial charge is 0.323 e. The Labute approximate surface area is 68.5 Å². The Morgan fingerprint density at radius 3 is 2.73 bits per heavy atom. The van der Waals surface area contributed by atoms with E-state index in [1.807, 2.05) is 26.0 Å². The number of nitrogens with zero attached hydrogens (tertiary/aromatic N) is 1. The summed E-state index contributed by atoms with van der Waals surface area (Å²) in [5, 5.41) is 3.64. The molecule has 0 spiro atoms. The number of rotatable bonds is 4. The molecule has 0 bridgehead atoms. The van der Waals surface area contributed by atoms with Gasteiger partial charge in [-0.1, -0.05) is 18.2 Å². The van der Waals surface area contributed by atoms with Crippen molar-refractivity contribution in [2.75, 3.05) is 0 Å². The number of hydrogen-bond acceptors (Lipinski definition) is 2. The van der Waals surface area contributed by atoms with Crippen LogP contribution < -0.4 is 5.84 Å². The zero-order valence-corrected chi connectivity index (χ0v) is 7.25. The van der Waals surface area contributed by atoms with E-state index in [9.17, 15) is 0 Å². The number of allylic oxidation sites excluding steroid dienone is 3. The summed E-state index contributed by atoms with van der Waals surface area (Å²) in [5.74, 6) is 5.48. The van der Waals surface area contributed by atoms with Crippen molar-refractivity contribution in [3.63, 3.8) is 0 Å². The molecule has 0 rings (SSSR count). The van der Waals surface area contributed by atoms with Crippen molar-refractivity contribution in [1.29, 1.82) is 0 Å². The molecule has 2 nitrogen and oxygen atoms in total. The predicted molar refractivity (Wildman–Crippen MR) is 50.4 cm³/mol. The van der Waals surface area contributed by atoms with Gasteiger partial charge in [0.05, 0.1) is 0 Å². The van der Waals surface area contributed by atoms with Crippen molar-refractivity contribution in [2.24, 2.45) is 16.9 Å². The summed E-state index contributed by atoms with van der Waals surface area (Å²) in [7, 11) is 0. The second kappa shape index (κ2) is 5.71. The average Bonchev–Trinajstić information content (AvgIpc) is 2.03. The molecule has 0 saturated heterocycles. The predicted octanol–water partition coefficient (Wildman–Crippen LogP) is 2.09. The van der Waals surface area contributed by atoms with E-state index in [1.165, 1.54) is 0 Å². The number of hydrazone groups is 1. The first-order chi connectivity index (χ1) is 5.26. The highest BCUT2D eigenvalue weighted by Gasteiger charge is 2.04. The van der Waals surface area contributed by atoms with Crippen LogP contribution in [0.3, 0.4) is 0 Å². The van der Waals surface area contributed by atoms with Crippen molar-refractivity contribution < 1.29 is 0 Å². The van der Waals surface area contributed by atoms with Gasteiger partial charge < -0.3 is 5.84 Å². The quantitative estimate of drug-likeness (QED) is 0.285. The first-order valence-electron chi connectivity index (χ1n) is 3.74. The normalized spacial score (nSPS) is 15.3. The summed E-state index contributed by atoms with van der Waals surface area (Å²) in [6.45, 7) is 7.58. The van der Waals surface area contributed by atoms with Crippen molar-refractivity contribution in [1.82, 2.24) is 0 Å². The van der Waals surface area contributed by atoms with Gasteiger partial charge in [0.1, 0.15) is 0 Å². The minimum atomic E-state index is 0.322. The fraction of sp³-hybridized carbons (Fsp3) is 0.444. The van der Waals surface area contributed by atoms with Crippen molar-refractivity contribution in [3.8, 4) is 0 Å². The van der Waals surface area contributed by atoms with Crippen LogP contribution in [0.1, 0.15) is 20.3 Å². The molecule has 0 radical (unpaired) electrons. The molecular formula is C9H16N2. The number of nitrogens with two attached hydrogens (primary N) is 1. The van der Waals surface area contributed by atoms with E-state index in [-0.39, 0.29) is 0 Å². The van der Waals surface area contributed by atoms with E-state index < -0.39 is 0 Å². The van der Waals surface area contributed by atoms with E-state index >= 15 is 0 Å². The zero-order valence-electron chi connectivity index (χ0n) is 7.25. The molecule has 0 aliphatic rings. The molecule has 0 aliphatic heterocycles. The standard InChI is InChI=1S/C9H16N2/c1-4-6-9(7-5-2)8(3)11-10/h4-5,7,9H,1,6,10H2,2-3H3/b7-5-,11-8+. The van der Waals surface area contributed by atoms with Crippen LogP contribution in [0.15, 0.2) is 29.9 Å². The smallest absolute Gasteiger partial charge is 0.0416 e. The Bertz CT molecular complexity index is 168. The molecule has 1 atom stereocenters. The first kappa shape index (κ1) is 9.95. The molecule has 2 heteroatoms. The summed E-state index contributed by atoms with van der Waals surface area (Å²) < 4.78 is 0. The highest BCUT2D eigenvalue weighted by molar-refractivity contribution is 5.85. The lowest BCUT2D eigenvalue weighted by molar-refractivity contribution is 0.866. The topological polar surface area (TPSA) is 38.4 Å². The third-order valence-corrected chi connectivity index (χ3v) is 1.59. The van der Waals surface area contributed by atoms with Crippen LogP contribution >= 0.6 is 0 Å². The van der Waals surface area contributed by atoms with Gasteiger partial charge in [0, 0.05) is 11.6 Å². The molecule has 1 unspecified atom stereocenters. The molecule has 0 amide bonds. The lowest BCUT2D eigenvalue weighted by Gasteiger charge is -2.07. The Kier molecular flexibility index (Phi) is 5.17. The number of hydrogen-bond donors (Lipinski definition) is 1. The Morgan fingerprint density at radius 2 is 2.36 bits per heavy atom. The molecule has 0 fully saturated rings. The van der Waals surface area contributed by atoms with E-state index in [0.717, 1.165) is 12.1 Å². The van der Waals surface area contributed by atoms with E-state index in [2.05, 4.69) is 17.8 Å². The highest BCUT2D eigenvalue weighted by Crippen LogP contribution is 2.07. The summed E-state index contributed by atoms with van der Waals surface area (Å²) in [4.78, 5) is 0. The maximum Gasteiger partial charge on any atom is 0.0416 e. The van der Waals surface area contributed by atoms with Gasteiger partial charge in [0.2, 0.25) is 0 Å².